The van der Waals surface area contributed by atoms with Crippen LogP contribution in [0.15, 0.2) is 36.7 Å². The molecule has 0 spiro atoms. The minimum absolute atomic E-state index is 0.0174. The number of carbonyl (C=O) groups excluding carboxylic acids is 1. The van der Waals surface area contributed by atoms with Crippen LogP contribution in [0.1, 0.15) is 56.9 Å². The Hall–Kier alpha value is -2.63. The first kappa shape index (κ1) is 20.6. The summed E-state index contributed by atoms with van der Waals surface area (Å²) in [6.45, 7) is 3.56. The van der Waals surface area contributed by atoms with Crippen molar-refractivity contribution in [3.05, 3.63) is 42.2 Å². The average Bonchev–Trinajstić information content (AvgIpc) is 3.04. The van der Waals surface area contributed by atoms with E-state index in [1.165, 1.54) is 31.2 Å². The molecule has 1 aromatic carbocycles. The van der Waals surface area contributed by atoms with Gasteiger partial charge in [-0.25, -0.2) is 9.97 Å². The maximum atomic E-state index is 13.0. The molecule has 0 radical (unpaired) electrons. The summed E-state index contributed by atoms with van der Waals surface area (Å²) in [4.78, 5) is 24.1. The number of hydrogen-bond donors (Lipinski definition) is 1. The number of carbonyl (C=O) groups is 1. The molecule has 2 heterocycles. The molecule has 1 aromatic heterocycles. The van der Waals surface area contributed by atoms with Crippen LogP contribution in [0.4, 0.5) is 5.82 Å². The molecular weight excluding hydrogens is 376 g/mol. The predicted molar refractivity (Wildman–Crippen MR) is 118 cm³/mol. The molecule has 1 saturated carbocycles. The van der Waals surface area contributed by atoms with E-state index >= 15 is 0 Å². The second kappa shape index (κ2) is 9.92. The molecule has 1 atom stereocenters. The molecular formula is C24H32N4O2. The molecule has 160 valence electrons. The summed E-state index contributed by atoms with van der Waals surface area (Å²) < 4.78 is 6.03. The highest BCUT2D eigenvalue weighted by Crippen LogP contribution is 2.31. The lowest BCUT2D eigenvalue weighted by Crippen LogP contribution is -2.46. The van der Waals surface area contributed by atoms with Gasteiger partial charge in [0.1, 0.15) is 5.75 Å². The third-order valence-corrected chi connectivity index (χ3v) is 6.18. The summed E-state index contributed by atoms with van der Waals surface area (Å²) in [6, 6.07) is 8.24. The first-order chi connectivity index (χ1) is 14.7. The van der Waals surface area contributed by atoms with Crippen molar-refractivity contribution in [3.63, 3.8) is 0 Å². The number of benzene rings is 1. The average molecular weight is 409 g/mol. The van der Waals surface area contributed by atoms with Gasteiger partial charge in [-0.15, -0.1) is 0 Å². The fraction of sp³-hybridized carbons (Fsp3) is 0.542. The number of nitrogens with zero attached hydrogens (tertiary/aromatic N) is 3. The lowest BCUT2D eigenvalue weighted by Gasteiger charge is -2.34. The molecule has 1 saturated heterocycles. The normalized spacial score (nSPS) is 20.4. The molecule has 1 amide bonds. The van der Waals surface area contributed by atoms with Crippen LogP contribution in [0.3, 0.4) is 0 Å². The third kappa shape index (κ3) is 5.29. The van der Waals surface area contributed by atoms with Gasteiger partial charge in [0.25, 0.3) is 5.88 Å². The van der Waals surface area contributed by atoms with Gasteiger partial charge in [0.2, 0.25) is 5.91 Å². The zero-order valence-corrected chi connectivity index (χ0v) is 17.8. The Balaban J connectivity index is 1.42. The van der Waals surface area contributed by atoms with Crippen molar-refractivity contribution in [2.45, 2.75) is 64.3 Å². The molecule has 2 fully saturated rings. The zero-order valence-electron chi connectivity index (χ0n) is 17.8. The van der Waals surface area contributed by atoms with Gasteiger partial charge >= 0.3 is 0 Å². The summed E-state index contributed by atoms with van der Waals surface area (Å²) in [5, 5.41) is 3.33. The van der Waals surface area contributed by atoms with Crippen LogP contribution < -0.4 is 15.0 Å². The van der Waals surface area contributed by atoms with E-state index in [-0.39, 0.29) is 11.8 Å². The Morgan fingerprint density at radius 3 is 2.50 bits per heavy atom. The number of nitrogens with one attached hydrogen (secondary N) is 1. The van der Waals surface area contributed by atoms with Gasteiger partial charge in [0, 0.05) is 31.5 Å². The van der Waals surface area contributed by atoms with Crippen molar-refractivity contribution in [2.24, 2.45) is 5.92 Å². The number of amides is 1. The smallest absolute Gasteiger partial charge is 0.263 e. The molecule has 2 aliphatic rings. The van der Waals surface area contributed by atoms with Crippen molar-refractivity contribution in [2.75, 3.05) is 18.0 Å². The maximum absolute atomic E-state index is 13.0. The number of hydrogen-bond acceptors (Lipinski definition) is 5. The van der Waals surface area contributed by atoms with Crippen LogP contribution in [-0.4, -0.2) is 35.0 Å². The number of ether oxygens (including phenoxy) is 1. The van der Waals surface area contributed by atoms with Gasteiger partial charge in [-0.2, -0.15) is 0 Å². The number of rotatable bonds is 5. The minimum Gasteiger partial charge on any atom is -0.436 e. The van der Waals surface area contributed by atoms with E-state index in [4.69, 9.17) is 4.74 Å². The summed E-state index contributed by atoms with van der Waals surface area (Å²) in [6.07, 6.45) is 12.5. The Labute approximate surface area is 179 Å². The molecule has 0 bridgehead atoms. The van der Waals surface area contributed by atoms with Crippen LogP contribution in [0, 0.1) is 12.8 Å². The molecule has 6 heteroatoms. The topological polar surface area (TPSA) is 67.4 Å². The second-order valence-corrected chi connectivity index (χ2v) is 8.58. The van der Waals surface area contributed by atoms with Crippen molar-refractivity contribution in [1.29, 1.82) is 0 Å². The number of piperidine rings is 1. The molecule has 6 nitrogen and oxygen atoms in total. The van der Waals surface area contributed by atoms with E-state index in [2.05, 4.69) is 20.2 Å². The van der Waals surface area contributed by atoms with Gasteiger partial charge in [-0.3, -0.25) is 4.79 Å². The summed E-state index contributed by atoms with van der Waals surface area (Å²) >= 11 is 0. The van der Waals surface area contributed by atoms with Crippen LogP contribution in [0.5, 0.6) is 11.6 Å². The maximum Gasteiger partial charge on any atom is 0.263 e. The summed E-state index contributed by atoms with van der Waals surface area (Å²) in [7, 11) is 0. The molecule has 1 aliphatic heterocycles. The SMILES string of the molecule is Cc1ccc(Oc2nccnc2N2CCCC(C(=O)NC3CCCCCC3)C2)cc1. The highest BCUT2D eigenvalue weighted by molar-refractivity contribution is 5.80. The van der Waals surface area contributed by atoms with Crippen LogP contribution in [0.2, 0.25) is 0 Å². The monoisotopic (exact) mass is 408 g/mol. The quantitative estimate of drug-likeness (QED) is 0.731. The molecule has 1 unspecified atom stereocenters. The molecule has 2 aromatic rings. The summed E-state index contributed by atoms with van der Waals surface area (Å²) in [5.41, 5.74) is 1.18. The lowest BCUT2D eigenvalue weighted by molar-refractivity contribution is -0.126. The van der Waals surface area contributed by atoms with Crippen LogP contribution in [0.25, 0.3) is 0 Å². The standard InChI is InChI=1S/C24H32N4O2/c1-18-10-12-21(13-11-18)30-24-22(25-14-15-26-24)28-16-6-7-19(17-28)23(29)27-20-8-4-2-3-5-9-20/h10-15,19-20H,2-9,16-17H2,1H3,(H,27,29). The fourth-order valence-electron chi connectivity index (χ4n) is 4.45. The van der Waals surface area contributed by atoms with E-state index < -0.39 is 0 Å². The van der Waals surface area contributed by atoms with E-state index in [0.29, 0.717) is 24.3 Å². The third-order valence-electron chi connectivity index (χ3n) is 6.18. The fourth-order valence-corrected chi connectivity index (χ4v) is 4.45. The minimum atomic E-state index is -0.0174. The Kier molecular flexibility index (Phi) is 6.82. The number of aromatic nitrogens is 2. The lowest BCUT2D eigenvalue weighted by atomic mass is 9.96. The zero-order chi connectivity index (χ0) is 20.8. The van der Waals surface area contributed by atoms with E-state index in [0.717, 1.165) is 38.0 Å². The summed E-state index contributed by atoms with van der Waals surface area (Å²) in [5.74, 6) is 2.12. The highest BCUT2D eigenvalue weighted by Gasteiger charge is 2.29. The van der Waals surface area contributed by atoms with Gasteiger partial charge in [0.05, 0.1) is 5.92 Å². The van der Waals surface area contributed by atoms with E-state index in [1.807, 2.05) is 31.2 Å². The van der Waals surface area contributed by atoms with Gasteiger partial charge in [-0.05, 0) is 44.7 Å². The predicted octanol–water partition coefficient (Wildman–Crippen LogP) is 4.63. The largest absolute Gasteiger partial charge is 0.436 e. The van der Waals surface area contributed by atoms with Crippen LogP contribution >= 0.6 is 0 Å². The van der Waals surface area contributed by atoms with E-state index in [9.17, 15) is 4.79 Å². The molecule has 1 N–H and O–H groups in total. The Bertz CT molecular complexity index is 831. The molecule has 1 aliphatic carbocycles. The Morgan fingerprint density at radius 1 is 1.00 bits per heavy atom. The van der Waals surface area contributed by atoms with Crippen molar-refractivity contribution in [3.8, 4) is 11.6 Å². The number of aryl methyl sites for hydroxylation is 1. The second-order valence-electron chi connectivity index (χ2n) is 8.58. The number of anilines is 1. The molecule has 30 heavy (non-hydrogen) atoms. The van der Waals surface area contributed by atoms with Crippen molar-refractivity contribution >= 4 is 11.7 Å². The first-order valence-corrected chi connectivity index (χ1v) is 11.3. The van der Waals surface area contributed by atoms with Crippen molar-refractivity contribution in [1.82, 2.24) is 15.3 Å². The van der Waals surface area contributed by atoms with Gasteiger partial charge < -0.3 is 15.0 Å². The Morgan fingerprint density at radius 2 is 1.73 bits per heavy atom. The first-order valence-electron chi connectivity index (χ1n) is 11.3. The van der Waals surface area contributed by atoms with Gasteiger partial charge in [0.15, 0.2) is 5.82 Å². The highest BCUT2D eigenvalue weighted by atomic mass is 16.5. The van der Waals surface area contributed by atoms with Gasteiger partial charge in [-0.1, -0.05) is 43.4 Å². The van der Waals surface area contributed by atoms with E-state index in [1.54, 1.807) is 12.4 Å². The molecule has 4 rings (SSSR count). The van der Waals surface area contributed by atoms with Crippen LogP contribution in [-0.2, 0) is 4.79 Å². The van der Waals surface area contributed by atoms with Crippen molar-refractivity contribution < 1.29 is 9.53 Å².